The van der Waals surface area contributed by atoms with Crippen LogP contribution in [0.4, 0.5) is 4.39 Å². The van der Waals surface area contributed by atoms with Gasteiger partial charge in [0, 0.05) is 13.1 Å². The third kappa shape index (κ3) is 4.02. The Labute approximate surface area is 118 Å². The maximum absolute atomic E-state index is 13.5. The Kier molecular flexibility index (Phi) is 5.09. The summed E-state index contributed by atoms with van der Waals surface area (Å²) in [5.41, 5.74) is 0.499. The first kappa shape index (κ1) is 14.9. The van der Waals surface area contributed by atoms with Crippen molar-refractivity contribution in [1.82, 2.24) is 10.2 Å². The molecule has 1 saturated heterocycles. The smallest absolute Gasteiger partial charge is 0.338 e. The first-order valence-corrected chi connectivity index (χ1v) is 6.97. The summed E-state index contributed by atoms with van der Waals surface area (Å²) in [5.74, 6) is -1.27. The SMILES string of the molecule is CN1CCCC(CNCc2ccc(C(=O)O)c(F)c2)C1. The number of carboxylic acid groups (broad SMARTS) is 1. The number of halogens is 1. The van der Waals surface area contributed by atoms with Crippen LogP contribution < -0.4 is 5.32 Å². The fraction of sp³-hybridized carbons (Fsp3) is 0.533. The highest BCUT2D eigenvalue weighted by molar-refractivity contribution is 5.87. The van der Waals surface area contributed by atoms with Crippen LogP contribution in [0.5, 0.6) is 0 Å². The van der Waals surface area contributed by atoms with Gasteiger partial charge in [-0.2, -0.15) is 0 Å². The minimum Gasteiger partial charge on any atom is -0.478 e. The van der Waals surface area contributed by atoms with Gasteiger partial charge in [0.05, 0.1) is 5.56 Å². The maximum atomic E-state index is 13.5. The van der Waals surface area contributed by atoms with Crippen LogP contribution >= 0.6 is 0 Å². The highest BCUT2D eigenvalue weighted by Gasteiger charge is 2.16. The van der Waals surface area contributed by atoms with E-state index in [9.17, 15) is 9.18 Å². The lowest BCUT2D eigenvalue weighted by molar-refractivity contribution is 0.0692. The first-order valence-electron chi connectivity index (χ1n) is 6.97. The van der Waals surface area contributed by atoms with Crippen LogP contribution in [0.1, 0.15) is 28.8 Å². The highest BCUT2D eigenvalue weighted by atomic mass is 19.1. The number of rotatable bonds is 5. The van der Waals surface area contributed by atoms with Gasteiger partial charge < -0.3 is 15.3 Å². The zero-order chi connectivity index (χ0) is 14.5. The number of aromatic carboxylic acids is 1. The van der Waals surface area contributed by atoms with Crippen molar-refractivity contribution in [2.75, 3.05) is 26.7 Å². The summed E-state index contributed by atoms with van der Waals surface area (Å²) >= 11 is 0. The van der Waals surface area contributed by atoms with Gasteiger partial charge in [-0.05, 0) is 56.6 Å². The fourth-order valence-corrected chi connectivity index (χ4v) is 2.70. The highest BCUT2D eigenvalue weighted by Crippen LogP contribution is 2.14. The van der Waals surface area contributed by atoms with Crippen molar-refractivity contribution in [1.29, 1.82) is 0 Å². The van der Waals surface area contributed by atoms with Crippen molar-refractivity contribution < 1.29 is 14.3 Å². The van der Waals surface area contributed by atoms with E-state index in [1.165, 1.54) is 31.5 Å². The molecule has 0 aliphatic carbocycles. The van der Waals surface area contributed by atoms with Crippen molar-refractivity contribution in [3.63, 3.8) is 0 Å². The molecule has 1 aliphatic heterocycles. The molecule has 1 fully saturated rings. The lowest BCUT2D eigenvalue weighted by Gasteiger charge is -2.29. The van der Waals surface area contributed by atoms with Crippen LogP contribution in [0.2, 0.25) is 0 Å². The molecule has 0 spiro atoms. The summed E-state index contributed by atoms with van der Waals surface area (Å²) in [6.07, 6.45) is 2.45. The molecule has 1 aliphatic rings. The van der Waals surface area contributed by atoms with Gasteiger partial charge in [0.1, 0.15) is 5.82 Å². The van der Waals surface area contributed by atoms with E-state index in [4.69, 9.17) is 5.11 Å². The Morgan fingerprint density at radius 1 is 1.55 bits per heavy atom. The zero-order valence-electron chi connectivity index (χ0n) is 11.7. The van der Waals surface area contributed by atoms with E-state index in [0.717, 1.165) is 18.7 Å². The second kappa shape index (κ2) is 6.81. The van der Waals surface area contributed by atoms with Gasteiger partial charge in [0.2, 0.25) is 0 Å². The van der Waals surface area contributed by atoms with Gasteiger partial charge in [-0.25, -0.2) is 9.18 Å². The molecule has 20 heavy (non-hydrogen) atoms. The summed E-state index contributed by atoms with van der Waals surface area (Å²) < 4.78 is 13.5. The molecule has 1 aromatic rings. The van der Waals surface area contributed by atoms with Gasteiger partial charge >= 0.3 is 5.97 Å². The fourth-order valence-electron chi connectivity index (χ4n) is 2.70. The van der Waals surface area contributed by atoms with Crippen LogP contribution in [0, 0.1) is 11.7 Å². The number of nitrogens with zero attached hydrogens (tertiary/aromatic N) is 1. The number of piperidine rings is 1. The predicted molar refractivity (Wildman–Crippen MR) is 75.3 cm³/mol. The minimum atomic E-state index is -1.23. The number of nitrogens with one attached hydrogen (secondary N) is 1. The minimum absolute atomic E-state index is 0.275. The van der Waals surface area contributed by atoms with Crippen molar-refractivity contribution in [3.05, 3.63) is 35.1 Å². The zero-order valence-corrected chi connectivity index (χ0v) is 11.7. The Balaban J connectivity index is 1.82. The standard InChI is InChI=1S/C15H21FN2O2/c1-18-6-2-3-12(10-18)9-17-8-11-4-5-13(15(19)20)14(16)7-11/h4-5,7,12,17H,2-3,6,8-10H2,1H3,(H,19,20). The number of hydrogen-bond acceptors (Lipinski definition) is 3. The summed E-state index contributed by atoms with van der Waals surface area (Å²) in [5, 5.41) is 12.1. The average molecular weight is 280 g/mol. The molecule has 110 valence electrons. The monoisotopic (exact) mass is 280 g/mol. The molecule has 1 atom stereocenters. The third-order valence-corrected chi connectivity index (χ3v) is 3.75. The van der Waals surface area contributed by atoms with Crippen molar-refractivity contribution >= 4 is 5.97 Å². The lowest BCUT2D eigenvalue weighted by Crippen LogP contribution is -2.37. The number of likely N-dealkylation sites (tertiary alicyclic amines) is 1. The molecule has 5 heteroatoms. The number of hydrogen-bond donors (Lipinski definition) is 2. The van der Waals surface area contributed by atoms with Crippen LogP contribution in [0.3, 0.4) is 0 Å². The molecule has 0 radical (unpaired) electrons. The lowest BCUT2D eigenvalue weighted by atomic mass is 9.98. The average Bonchev–Trinajstić information content (AvgIpc) is 2.38. The van der Waals surface area contributed by atoms with Crippen LogP contribution in [0.25, 0.3) is 0 Å². The molecule has 2 rings (SSSR count). The van der Waals surface area contributed by atoms with Gasteiger partial charge in [0.15, 0.2) is 0 Å². The Hall–Kier alpha value is -1.46. The van der Waals surface area contributed by atoms with Crippen LogP contribution in [-0.2, 0) is 6.54 Å². The topological polar surface area (TPSA) is 52.6 Å². The van der Waals surface area contributed by atoms with Crippen molar-refractivity contribution in [2.24, 2.45) is 5.92 Å². The van der Waals surface area contributed by atoms with Crippen LogP contribution in [-0.4, -0.2) is 42.7 Å². The van der Waals surface area contributed by atoms with Crippen LogP contribution in [0.15, 0.2) is 18.2 Å². The summed E-state index contributed by atoms with van der Waals surface area (Å²) in [6.45, 7) is 3.74. The van der Waals surface area contributed by atoms with E-state index < -0.39 is 11.8 Å². The van der Waals surface area contributed by atoms with E-state index in [-0.39, 0.29) is 5.56 Å². The van der Waals surface area contributed by atoms with E-state index in [2.05, 4.69) is 17.3 Å². The number of carbonyl (C=O) groups is 1. The Bertz CT molecular complexity index is 479. The van der Waals surface area contributed by atoms with E-state index >= 15 is 0 Å². The predicted octanol–water partition coefficient (Wildman–Crippen LogP) is 1.96. The van der Waals surface area contributed by atoms with Gasteiger partial charge in [-0.15, -0.1) is 0 Å². The molecule has 0 aromatic heterocycles. The second-order valence-corrected chi connectivity index (χ2v) is 5.52. The summed E-state index contributed by atoms with van der Waals surface area (Å²) in [6, 6.07) is 4.28. The van der Waals surface area contributed by atoms with Gasteiger partial charge in [-0.3, -0.25) is 0 Å². The molecule has 1 unspecified atom stereocenters. The number of benzene rings is 1. The largest absolute Gasteiger partial charge is 0.478 e. The quantitative estimate of drug-likeness (QED) is 0.865. The molecule has 4 nitrogen and oxygen atoms in total. The molecular weight excluding hydrogens is 259 g/mol. The van der Waals surface area contributed by atoms with Crippen molar-refractivity contribution in [3.8, 4) is 0 Å². The second-order valence-electron chi connectivity index (χ2n) is 5.52. The van der Waals surface area contributed by atoms with Gasteiger partial charge in [-0.1, -0.05) is 6.07 Å². The molecular formula is C15H21FN2O2. The number of carboxylic acids is 1. The molecule has 2 N–H and O–H groups in total. The normalized spacial score (nSPS) is 20.0. The molecule has 1 aromatic carbocycles. The molecule has 0 amide bonds. The van der Waals surface area contributed by atoms with Gasteiger partial charge in [0.25, 0.3) is 0 Å². The van der Waals surface area contributed by atoms with Crippen molar-refractivity contribution in [2.45, 2.75) is 19.4 Å². The summed E-state index contributed by atoms with van der Waals surface area (Å²) in [7, 11) is 2.13. The van der Waals surface area contributed by atoms with E-state index in [0.29, 0.717) is 12.5 Å². The first-order chi connectivity index (χ1) is 9.56. The molecule has 1 heterocycles. The molecule has 0 saturated carbocycles. The summed E-state index contributed by atoms with van der Waals surface area (Å²) in [4.78, 5) is 13.1. The molecule has 0 bridgehead atoms. The maximum Gasteiger partial charge on any atom is 0.338 e. The third-order valence-electron chi connectivity index (χ3n) is 3.75. The van der Waals surface area contributed by atoms with E-state index in [1.54, 1.807) is 6.07 Å². The Morgan fingerprint density at radius 2 is 2.35 bits per heavy atom. The Morgan fingerprint density at radius 3 is 3.00 bits per heavy atom. The van der Waals surface area contributed by atoms with E-state index in [1.807, 2.05) is 0 Å².